The van der Waals surface area contributed by atoms with E-state index in [0.29, 0.717) is 16.8 Å². The van der Waals surface area contributed by atoms with Crippen LogP contribution in [0.25, 0.3) is 10.9 Å². The molecule has 0 unspecified atom stereocenters. The van der Waals surface area contributed by atoms with Gasteiger partial charge in [-0.25, -0.2) is 4.39 Å². The maximum atomic E-state index is 13.4. The zero-order valence-corrected chi connectivity index (χ0v) is 7.21. The number of aryl methyl sites for hydroxylation is 1. The zero-order valence-electron chi connectivity index (χ0n) is 7.21. The summed E-state index contributed by atoms with van der Waals surface area (Å²) < 4.78 is 13.4. The summed E-state index contributed by atoms with van der Waals surface area (Å²) in [6.07, 6.45) is 1.46. The van der Waals surface area contributed by atoms with Gasteiger partial charge in [-0.3, -0.25) is 4.98 Å². The molecule has 1 aromatic heterocycles. The maximum Gasteiger partial charge on any atom is 0.152 e. The Bertz CT molecular complexity index is 466. The lowest BCUT2D eigenvalue weighted by atomic mass is 10.1. The summed E-state index contributed by atoms with van der Waals surface area (Å²) in [6, 6.07) is 5.25. The monoisotopic (exact) mass is 176 g/mol. The van der Waals surface area contributed by atoms with Crippen molar-refractivity contribution in [3.8, 4) is 0 Å². The van der Waals surface area contributed by atoms with Crippen molar-refractivity contribution in [3.63, 3.8) is 0 Å². The Labute approximate surface area is 75.2 Å². The van der Waals surface area contributed by atoms with Gasteiger partial charge in [-0.15, -0.1) is 0 Å². The summed E-state index contributed by atoms with van der Waals surface area (Å²) in [7, 11) is 0. The van der Waals surface area contributed by atoms with E-state index in [1.54, 1.807) is 19.1 Å². The molecule has 2 nitrogen and oxygen atoms in total. The van der Waals surface area contributed by atoms with Crippen LogP contribution < -0.4 is 5.73 Å². The largest absolute Gasteiger partial charge is 0.397 e. The van der Waals surface area contributed by atoms with Gasteiger partial charge in [0.05, 0.1) is 11.9 Å². The maximum absolute atomic E-state index is 13.4. The number of aromatic nitrogens is 1. The highest BCUT2D eigenvalue weighted by atomic mass is 19.1. The molecule has 0 amide bonds. The van der Waals surface area contributed by atoms with Crippen LogP contribution in [0.5, 0.6) is 0 Å². The molecule has 13 heavy (non-hydrogen) atoms. The van der Waals surface area contributed by atoms with Gasteiger partial charge in [0.2, 0.25) is 0 Å². The Kier molecular flexibility index (Phi) is 1.65. The molecule has 0 atom stereocenters. The lowest BCUT2D eigenvalue weighted by Gasteiger charge is -2.01. The number of pyridine rings is 1. The lowest BCUT2D eigenvalue weighted by molar-refractivity contribution is 0.628. The number of nitrogens with two attached hydrogens (primary N) is 1. The van der Waals surface area contributed by atoms with Crippen molar-refractivity contribution in [2.24, 2.45) is 0 Å². The van der Waals surface area contributed by atoms with E-state index in [2.05, 4.69) is 4.98 Å². The first-order chi connectivity index (χ1) is 6.18. The molecule has 3 heteroatoms. The van der Waals surface area contributed by atoms with Crippen molar-refractivity contribution in [3.05, 3.63) is 35.8 Å². The fourth-order valence-electron chi connectivity index (χ4n) is 1.28. The molecule has 0 aliphatic carbocycles. The van der Waals surface area contributed by atoms with Crippen LogP contribution in [0.2, 0.25) is 0 Å². The molecule has 0 saturated carbocycles. The van der Waals surface area contributed by atoms with Crippen LogP contribution in [-0.4, -0.2) is 4.98 Å². The smallest absolute Gasteiger partial charge is 0.152 e. The van der Waals surface area contributed by atoms with Crippen LogP contribution in [-0.2, 0) is 0 Å². The van der Waals surface area contributed by atoms with Gasteiger partial charge in [-0.2, -0.15) is 0 Å². The molecule has 0 radical (unpaired) electrons. The van der Waals surface area contributed by atoms with E-state index in [9.17, 15) is 4.39 Å². The van der Waals surface area contributed by atoms with Gasteiger partial charge >= 0.3 is 0 Å². The highest BCUT2D eigenvalue weighted by Gasteiger charge is 2.04. The molecule has 0 saturated heterocycles. The number of benzene rings is 1. The number of nitrogen functional groups attached to an aromatic ring is 1. The molecule has 2 aromatic rings. The second kappa shape index (κ2) is 2.69. The van der Waals surface area contributed by atoms with Crippen LogP contribution in [0, 0.1) is 12.7 Å². The van der Waals surface area contributed by atoms with Crippen molar-refractivity contribution in [2.45, 2.75) is 6.92 Å². The van der Waals surface area contributed by atoms with Crippen molar-refractivity contribution in [1.29, 1.82) is 0 Å². The molecule has 0 spiro atoms. The van der Waals surface area contributed by atoms with Gasteiger partial charge in [0.15, 0.2) is 5.82 Å². The lowest BCUT2D eigenvalue weighted by Crippen LogP contribution is -1.91. The Morgan fingerprint density at radius 1 is 1.38 bits per heavy atom. The number of hydrogen-bond acceptors (Lipinski definition) is 2. The number of hydrogen-bond donors (Lipinski definition) is 1. The number of halogens is 1. The van der Waals surface area contributed by atoms with Gasteiger partial charge in [0.25, 0.3) is 0 Å². The van der Waals surface area contributed by atoms with E-state index in [1.807, 2.05) is 6.07 Å². The van der Waals surface area contributed by atoms with E-state index in [0.717, 1.165) is 5.39 Å². The van der Waals surface area contributed by atoms with Gasteiger partial charge in [0.1, 0.15) is 5.52 Å². The Morgan fingerprint density at radius 3 is 2.92 bits per heavy atom. The topological polar surface area (TPSA) is 38.9 Å². The minimum Gasteiger partial charge on any atom is -0.397 e. The van der Waals surface area contributed by atoms with E-state index in [1.165, 1.54) is 6.20 Å². The van der Waals surface area contributed by atoms with Gasteiger partial charge < -0.3 is 5.73 Å². The van der Waals surface area contributed by atoms with Crippen LogP contribution in [0.3, 0.4) is 0 Å². The summed E-state index contributed by atoms with van der Waals surface area (Å²) in [5.41, 5.74) is 7.06. The summed E-state index contributed by atoms with van der Waals surface area (Å²) in [4.78, 5) is 3.94. The van der Waals surface area contributed by atoms with Crippen LogP contribution in [0.1, 0.15) is 5.56 Å². The Hall–Kier alpha value is -1.64. The average molecular weight is 176 g/mol. The molecule has 0 aliphatic heterocycles. The van der Waals surface area contributed by atoms with Gasteiger partial charge in [-0.05, 0) is 18.6 Å². The number of fused-ring (bicyclic) bond motifs is 1. The van der Waals surface area contributed by atoms with Crippen molar-refractivity contribution in [2.75, 3.05) is 5.73 Å². The number of rotatable bonds is 0. The zero-order chi connectivity index (χ0) is 9.42. The molecule has 1 aromatic carbocycles. The van der Waals surface area contributed by atoms with Crippen molar-refractivity contribution in [1.82, 2.24) is 4.98 Å². The Balaban J connectivity index is 2.87. The molecule has 0 aliphatic rings. The first-order valence-corrected chi connectivity index (χ1v) is 3.99. The molecule has 2 N–H and O–H groups in total. The second-order valence-electron chi connectivity index (χ2n) is 3.04. The molecule has 0 bridgehead atoms. The fraction of sp³-hybridized carbons (Fsp3) is 0.100. The van der Waals surface area contributed by atoms with Crippen molar-refractivity contribution < 1.29 is 4.39 Å². The normalized spacial score (nSPS) is 10.6. The number of nitrogens with zero attached hydrogens (tertiary/aromatic N) is 1. The summed E-state index contributed by atoms with van der Waals surface area (Å²) in [5.74, 6) is -0.266. The first-order valence-electron chi connectivity index (χ1n) is 3.99. The second-order valence-corrected chi connectivity index (χ2v) is 3.04. The summed E-state index contributed by atoms with van der Waals surface area (Å²) in [6.45, 7) is 1.72. The minimum atomic E-state index is -0.266. The van der Waals surface area contributed by atoms with Gasteiger partial charge in [0, 0.05) is 5.39 Å². The van der Waals surface area contributed by atoms with Crippen LogP contribution in [0.4, 0.5) is 10.1 Å². The third kappa shape index (κ3) is 1.22. The van der Waals surface area contributed by atoms with E-state index >= 15 is 0 Å². The van der Waals surface area contributed by atoms with Gasteiger partial charge in [-0.1, -0.05) is 12.1 Å². The molecule has 66 valence electrons. The summed E-state index contributed by atoms with van der Waals surface area (Å²) >= 11 is 0. The molecular formula is C10H9FN2. The minimum absolute atomic E-state index is 0.266. The van der Waals surface area contributed by atoms with Crippen LogP contribution >= 0.6 is 0 Å². The molecule has 2 rings (SSSR count). The fourth-order valence-corrected chi connectivity index (χ4v) is 1.28. The predicted molar refractivity (Wildman–Crippen MR) is 50.9 cm³/mol. The Morgan fingerprint density at radius 2 is 2.15 bits per heavy atom. The first kappa shape index (κ1) is 7.98. The highest BCUT2D eigenvalue weighted by molar-refractivity contribution is 5.82. The average Bonchev–Trinajstić information content (AvgIpc) is 2.12. The van der Waals surface area contributed by atoms with Crippen molar-refractivity contribution >= 4 is 16.6 Å². The van der Waals surface area contributed by atoms with E-state index in [4.69, 9.17) is 5.73 Å². The third-order valence-corrected chi connectivity index (χ3v) is 2.01. The molecule has 1 heterocycles. The third-order valence-electron chi connectivity index (χ3n) is 2.01. The predicted octanol–water partition coefficient (Wildman–Crippen LogP) is 2.26. The molecular weight excluding hydrogens is 167 g/mol. The van der Waals surface area contributed by atoms with E-state index < -0.39 is 0 Å². The molecule has 0 fully saturated rings. The van der Waals surface area contributed by atoms with E-state index in [-0.39, 0.29) is 5.82 Å². The highest BCUT2D eigenvalue weighted by Crippen LogP contribution is 2.19. The summed E-state index contributed by atoms with van der Waals surface area (Å²) in [5, 5.41) is 0.739. The number of anilines is 1. The standard InChI is InChI=1S/C10H9FN2/c1-6-2-3-7-4-8(12)5-13-10(7)9(6)11/h2-5H,12H2,1H3. The quantitative estimate of drug-likeness (QED) is 0.668. The SMILES string of the molecule is Cc1ccc2cc(N)cnc2c1F. The van der Waals surface area contributed by atoms with Crippen LogP contribution in [0.15, 0.2) is 24.4 Å².